The third-order valence-electron chi connectivity index (χ3n) is 6.15. The van der Waals surface area contributed by atoms with Gasteiger partial charge in [0, 0.05) is 37.6 Å². The molecule has 1 N–H and O–H groups in total. The number of hydrogen-bond acceptors (Lipinski definition) is 3. The molecule has 1 amide bonds. The molecule has 2 atom stereocenters. The minimum absolute atomic E-state index is 0.108. The summed E-state index contributed by atoms with van der Waals surface area (Å²) in [6.45, 7) is 8.70. The van der Waals surface area contributed by atoms with Gasteiger partial charge in [0.25, 0.3) is 0 Å². The summed E-state index contributed by atoms with van der Waals surface area (Å²) in [5.41, 5.74) is 3.05. The van der Waals surface area contributed by atoms with Gasteiger partial charge in [-0.15, -0.1) is 0 Å². The third kappa shape index (κ3) is 3.50. The monoisotopic (exact) mass is 329 g/mol. The molecule has 24 heavy (non-hydrogen) atoms. The lowest BCUT2D eigenvalue weighted by Gasteiger charge is -2.41. The molecule has 1 aliphatic heterocycles. The molecular formula is C20H31N3O. The Kier molecular flexibility index (Phi) is 5.26. The molecule has 0 aromatic heterocycles. The zero-order chi connectivity index (χ0) is 17.2. The summed E-state index contributed by atoms with van der Waals surface area (Å²) in [7, 11) is 2.11. The van der Waals surface area contributed by atoms with E-state index >= 15 is 0 Å². The zero-order valence-electron chi connectivity index (χ0n) is 15.3. The summed E-state index contributed by atoms with van der Waals surface area (Å²) in [4.78, 5) is 16.8. The molecule has 1 heterocycles. The molecule has 1 aromatic carbocycles. The van der Waals surface area contributed by atoms with Crippen LogP contribution < -0.4 is 5.32 Å². The Labute approximate surface area is 146 Å². The van der Waals surface area contributed by atoms with Crippen molar-refractivity contribution in [2.75, 3.05) is 39.8 Å². The SMILES string of the molecule is CC(NCC(=O)N1CCN(C)CC1)C1(C)CCCc2ccccc21. The Bertz CT molecular complexity index is 580. The lowest BCUT2D eigenvalue weighted by molar-refractivity contribution is -0.132. The molecule has 0 radical (unpaired) electrons. The fraction of sp³-hybridized carbons (Fsp3) is 0.650. The van der Waals surface area contributed by atoms with Gasteiger partial charge in [0.2, 0.25) is 5.91 Å². The summed E-state index contributed by atoms with van der Waals surface area (Å²) < 4.78 is 0. The van der Waals surface area contributed by atoms with Crippen LogP contribution >= 0.6 is 0 Å². The third-order valence-corrected chi connectivity index (χ3v) is 6.15. The van der Waals surface area contributed by atoms with Crippen LogP contribution in [0.4, 0.5) is 0 Å². The van der Waals surface area contributed by atoms with E-state index in [4.69, 9.17) is 0 Å². The number of rotatable bonds is 4. The fourth-order valence-corrected chi connectivity index (χ4v) is 4.16. The van der Waals surface area contributed by atoms with Crippen molar-refractivity contribution < 1.29 is 4.79 Å². The molecule has 1 saturated heterocycles. The van der Waals surface area contributed by atoms with Crippen molar-refractivity contribution in [3.63, 3.8) is 0 Å². The molecule has 2 unspecified atom stereocenters. The van der Waals surface area contributed by atoms with Crippen molar-refractivity contribution in [2.24, 2.45) is 0 Å². The number of aryl methyl sites for hydroxylation is 1. The molecule has 4 heteroatoms. The standard InChI is InChI=1S/C20H31N3O/c1-16(21-15-19(24)23-13-11-22(3)12-14-23)20(2)10-6-8-17-7-4-5-9-18(17)20/h4-5,7,9,16,21H,6,8,10-15H2,1-3H3. The molecule has 3 rings (SSSR count). The van der Waals surface area contributed by atoms with Gasteiger partial charge in [-0.3, -0.25) is 4.79 Å². The van der Waals surface area contributed by atoms with Gasteiger partial charge in [-0.05, 0) is 44.4 Å². The van der Waals surface area contributed by atoms with Crippen LogP contribution in [0.5, 0.6) is 0 Å². The van der Waals surface area contributed by atoms with E-state index in [1.807, 2.05) is 4.90 Å². The molecule has 0 bridgehead atoms. The van der Waals surface area contributed by atoms with Crippen LogP contribution in [0.1, 0.15) is 37.8 Å². The topological polar surface area (TPSA) is 35.6 Å². The first kappa shape index (κ1) is 17.4. The van der Waals surface area contributed by atoms with Crippen molar-refractivity contribution in [1.29, 1.82) is 0 Å². The summed E-state index contributed by atoms with van der Waals surface area (Å²) >= 11 is 0. The highest BCUT2D eigenvalue weighted by Gasteiger charge is 2.37. The summed E-state index contributed by atoms with van der Waals surface area (Å²) in [5.74, 6) is 0.239. The van der Waals surface area contributed by atoms with E-state index < -0.39 is 0 Å². The summed E-state index contributed by atoms with van der Waals surface area (Å²) in [6.07, 6.45) is 3.59. The first-order valence-electron chi connectivity index (χ1n) is 9.29. The lowest BCUT2D eigenvalue weighted by Crippen LogP contribution is -2.53. The first-order valence-corrected chi connectivity index (χ1v) is 9.29. The average molecular weight is 329 g/mol. The Morgan fingerprint density at radius 1 is 1.25 bits per heavy atom. The highest BCUT2D eigenvalue weighted by atomic mass is 16.2. The molecule has 0 spiro atoms. The molecular weight excluding hydrogens is 298 g/mol. The molecule has 1 fully saturated rings. The van der Waals surface area contributed by atoms with Crippen molar-refractivity contribution in [3.8, 4) is 0 Å². The number of nitrogens with one attached hydrogen (secondary N) is 1. The van der Waals surface area contributed by atoms with Gasteiger partial charge in [-0.2, -0.15) is 0 Å². The van der Waals surface area contributed by atoms with Crippen LogP contribution in [0.3, 0.4) is 0 Å². The van der Waals surface area contributed by atoms with Crippen LogP contribution in [-0.4, -0.2) is 61.5 Å². The van der Waals surface area contributed by atoms with Gasteiger partial charge in [0.1, 0.15) is 0 Å². The lowest BCUT2D eigenvalue weighted by atomic mass is 9.67. The Balaban J connectivity index is 1.61. The largest absolute Gasteiger partial charge is 0.339 e. The van der Waals surface area contributed by atoms with Crippen LogP contribution in [-0.2, 0) is 16.6 Å². The van der Waals surface area contributed by atoms with E-state index in [1.165, 1.54) is 30.4 Å². The number of hydrogen-bond donors (Lipinski definition) is 1. The van der Waals surface area contributed by atoms with Gasteiger partial charge in [0.05, 0.1) is 6.54 Å². The van der Waals surface area contributed by atoms with Gasteiger partial charge in [-0.25, -0.2) is 0 Å². The molecule has 2 aliphatic rings. The zero-order valence-corrected chi connectivity index (χ0v) is 15.3. The van der Waals surface area contributed by atoms with E-state index in [2.05, 4.69) is 55.4 Å². The maximum atomic E-state index is 12.5. The highest BCUT2D eigenvalue weighted by molar-refractivity contribution is 5.78. The Morgan fingerprint density at radius 2 is 1.96 bits per heavy atom. The van der Waals surface area contributed by atoms with Crippen LogP contribution in [0.2, 0.25) is 0 Å². The van der Waals surface area contributed by atoms with Crippen molar-refractivity contribution >= 4 is 5.91 Å². The normalized spacial score (nSPS) is 26.0. The molecule has 4 nitrogen and oxygen atoms in total. The van der Waals surface area contributed by atoms with E-state index in [9.17, 15) is 4.79 Å². The van der Waals surface area contributed by atoms with E-state index in [0.717, 1.165) is 26.2 Å². The maximum Gasteiger partial charge on any atom is 0.236 e. The predicted octanol–water partition coefficient (Wildman–Crippen LogP) is 2.03. The quantitative estimate of drug-likeness (QED) is 0.918. The van der Waals surface area contributed by atoms with Gasteiger partial charge in [0.15, 0.2) is 0 Å². The smallest absolute Gasteiger partial charge is 0.236 e. The van der Waals surface area contributed by atoms with Gasteiger partial charge in [-0.1, -0.05) is 31.2 Å². The number of fused-ring (bicyclic) bond motifs is 1. The Hall–Kier alpha value is -1.39. The summed E-state index contributed by atoms with van der Waals surface area (Å²) in [5, 5.41) is 3.54. The van der Waals surface area contributed by atoms with Gasteiger partial charge < -0.3 is 15.1 Å². The second-order valence-electron chi connectivity index (χ2n) is 7.71. The summed E-state index contributed by atoms with van der Waals surface area (Å²) in [6, 6.07) is 9.10. The number of likely N-dealkylation sites (N-methyl/N-ethyl adjacent to an activating group) is 1. The van der Waals surface area contributed by atoms with Crippen LogP contribution in [0.15, 0.2) is 24.3 Å². The molecule has 1 aliphatic carbocycles. The van der Waals surface area contributed by atoms with Crippen molar-refractivity contribution in [2.45, 2.75) is 44.6 Å². The van der Waals surface area contributed by atoms with E-state index in [1.54, 1.807) is 0 Å². The number of piperazine rings is 1. The van der Waals surface area contributed by atoms with E-state index in [0.29, 0.717) is 6.54 Å². The van der Waals surface area contributed by atoms with Gasteiger partial charge >= 0.3 is 0 Å². The average Bonchev–Trinajstić information content (AvgIpc) is 2.60. The number of amides is 1. The van der Waals surface area contributed by atoms with Crippen LogP contribution in [0, 0.1) is 0 Å². The highest BCUT2D eigenvalue weighted by Crippen LogP contribution is 2.39. The molecule has 1 aromatic rings. The molecule has 132 valence electrons. The predicted molar refractivity (Wildman–Crippen MR) is 98.3 cm³/mol. The van der Waals surface area contributed by atoms with E-state index in [-0.39, 0.29) is 17.4 Å². The first-order chi connectivity index (χ1) is 11.5. The second-order valence-corrected chi connectivity index (χ2v) is 7.71. The van der Waals surface area contributed by atoms with Crippen molar-refractivity contribution in [3.05, 3.63) is 35.4 Å². The number of carbonyl (C=O) groups is 1. The second kappa shape index (κ2) is 7.24. The minimum Gasteiger partial charge on any atom is -0.339 e. The maximum absolute atomic E-state index is 12.5. The number of carbonyl (C=O) groups excluding carboxylic acids is 1. The fourth-order valence-electron chi connectivity index (χ4n) is 4.16. The van der Waals surface area contributed by atoms with Crippen molar-refractivity contribution in [1.82, 2.24) is 15.1 Å². The molecule has 0 saturated carbocycles. The minimum atomic E-state index is 0.108. The number of benzene rings is 1. The van der Waals surface area contributed by atoms with Crippen LogP contribution in [0.25, 0.3) is 0 Å². The number of nitrogens with zero attached hydrogens (tertiary/aromatic N) is 2. The Morgan fingerprint density at radius 3 is 2.71 bits per heavy atom.